The van der Waals surface area contributed by atoms with Crippen molar-refractivity contribution in [3.8, 4) is 0 Å². The van der Waals surface area contributed by atoms with Crippen LogP contribution in [0.15, 0.2) is 30.3 Å². The van der Waals surface area contributed by atoms with Crippen LogP contribution in [0.4, 0.5) is 27.4 Å². The number of nitro groups is 1. The van der Waals surface area contributed by atoms with Gasteiger partial charge in [0.15, 0.2) is 0 Å². The molecule has 0 amide bonds. The summed E-state index contributed by atoms with van der Waals surface area (Å²) >= 11 is 0. The number of halogens is 1. The van der Waals surface area contributed by atoms with Gasteiger partial charge >= 0.3 is 11.7 Å². The maximum Gasteiger partial charge on any atom is 0.335 e. The van der Waals surface area contributed by atoms with E-state index in [4.69, 9.17) is 10.8 Å². The fourth-order valence-corrected chi connectivity index (χ4v) is 1.58. The molecular formula is C12H9FN4O4. The molecule has 1 aromatic heterocycles. The first-order chi connectivity index (χ1) is 9.88. The number of carbonyl (C=O) groups is 1. The van der Waals surface area contributed by atoms with E-state index < -0.39 is 16.7 Å². The molecule has 0 saturated carbocycles. The maximum absolute atomic E-state index is 13.7. The van der Waals surface area contributed by atoms with Crippen LogP contribution in [0.5, 0.6) is 0 Å². The number of hydrogen-bond donors (Lipinski definition) is 3. The highest BCUT2D eigenvalue weighted by Crippen LogP contribution is 2.24. The van der Waals surface area contributed by atoms with Crippen molar-refractivity contribution < 1.29 is 19.2 Å². The molecule has 1 heterocycles. The number of nitrogens with two attached hydrogens (primary N) is 1. The van der Waals surface area contributed by atoms with Gasteiger partial charge in [-0.1, -0.05) is 0 Å². The number of pyridine rings is 1. The fraction of sp³-hybridized carbons (Fsp3) is 0. The van der Waals surface area contributed by atoms with Gasteiger partial charge in [-0.15, -0.1) is 0 Å². The second-order valence-corrected chi connectivity index (χ2v) is 3.98. The van der Waals surface area contributed by atoms with Crippen LogP contribution >= 0.6 is 0 Å². The number of carboxylic acids is 1. The van der Waals surface area contributed by atoms with Crippen LogP contribution < -0.4 is 11.1 Å². The van der Waals surface area contributed by atoms with Crippen molar-refractivity contribution in [3.63, 3.8) is 0 Å². The molecule has 21 heavy (non-hydrogen) atoms. The van der Waals surface area contributed by atoms with E-state index in [2.05, 4.69) is 10.3 Å². The number of anilines is 3. The van der Waals surface area contributed by atoms with Crippen molar-refractivity contribution in [3.05, 3.63) is 51.8 Å². The fourth-order valence-electron chi connectivity index (χ4n) is 1.58. The number of benzene rings is 1. The molecule has 9 heteroatoms. The number of rotatable bonds is 4. The third kappa shape index (κ3) is 3.03. The highest BCUT2D eigenvalue weighted by atomic mass is 19.1. The Hall–Kier alpha value is -3.23. The molecule has 0 aliphatic carbocycles. The van der Waals surface area contributed by atoms with Crippen LogP contribution in [-0.2, 0) is 0 Å². The summed E-state index contributed by atoms with van der Waals surface area (Å²) in [6, 6.07) is 5.67. The van der Waals surface area contributed by atoms with Gasteiger partial charge in [0.25, 0.3) is 0 Å². The van der Waals surface area contributed by atoms with Gasteiger partial charge in [-0.3, -0.25) is 10.1 Å². The van der Waals surface area contributed by atoms with Crippen LogP contribution in [0.2, 0.25) is 0 Å². The number of carboxylic acid groups (broad SMARTS) is 1. The topological polar surface area (TPSA) is 131 Å². The molecule has 0 unspecified atom stereocenters. The summed E-state index contributed by atoms with van der Waals surface area (Å²) in [6.07, 6.45) is 0. The SMILES string of the molecule is Nc1nc(Nc2ccc(C(=O)O)cc2F)ccc1[N+](=O)[O-]. The Morgan fingerprint density at radius 1 is 1.38 bits per heavy atom. The molecule has 1 aromatic carbocycles. The van der Waals surface area contributed by atoms with Crippen molar-refractivity contribution >= 4 is 29.0 Å². The van der Waals surface area contributed by atoms with E-state index in [1.54, 1.807) is 0 Å². The van der Waals surface area contributed by atoms with Crippen molar-refractivity contribution in [1.29, 1.82) is 0 Å². The Kier molecular flexibility index (Phi) is 3.65. The molecule has 0 fully saturated rings. The zero-order valence-electron chi connectivity index (χ0n) is 10.4. The smallest absolute Gasteiger partial charge is 0.335 e. The van der Waals surface area contributed by atoms with Gasteiger partial charge in [0, 0.05) is 6.07 Å². The molecule has 0 aliphatic heterocycles. The van der Waals surface area contributed by atoms with Gasteiger partial charge in [0.05, 0.1) is 16.2 Å². The molecule has 0 atom stereocenters. The van der Waals surface area contributed by atoms with Crippen LogP contribution in [0.25, 0.3) is 0 Å². The standard InChI is InChI=1S/C12H9FN4O4/c13-7-5-6(12(18)19)1-2-8(7)15-10-4-3-9(17(20)21)11(14)16-10/h1-5H,(H,18,19)(H3,14,15,16). The molecule has 2 aromatic rings. The van der Waals surface area contributed by atoms with Crippen LogP contribution in [0.1, 0.15) is 10.4 Å². The molecule has 0 bridgehead atoms. The molecule has 0 aliphatic rings. The zero-order valence-corrected chi connectivity index (χ0v) is 10.4. The monoisotopic (exact) mass is 292 g/mol. The van der Waals surface area contributed by atoms with E-state index >= 15 is 0 Å². The Balaban J connectivity index is 2.28. The second kappa shape index (κ2) is 5.41. The van der Waals surface area contributed by atoms with Gasteiger partial charge in [0.1, 0.15) is 11.6 Å². The second-order valence-electron chi connectivity index (χ2n) is 3.98. The van der Waals surface area contributed by atoms with E-state index in [0.29, 0.717) is 0 Å². The lowest BCUT2D eigenvalue weighted by atomic mass is 10.2. The summed E-state index contributed by atoms with van der Waals surface area (Å²) in [6.45, 7) is 0. The Labute approximate surface area is 117 Å². The van der Waals surface area contributed by atoms with Crippen molar-refractivity contribution in [2.75, 3.05) is 11.1 Å². The lowest BCUT2D eigenvalue weighted by Gasteiger charge is -2.08. The Morgan fingerprint density at radius 3 is 2.62 bits per heavy atom. The summed E-state index contributed by atoms with van der Waals surface area (Å²) in [5.74, 6) is -2.26. The van der Waals surface area contributed by atoms with Gasteiger partial charge in [-0.05, 0) is 24.3 Å². The van der Waals surface area contributed by atoms with E-state index in [1.165, 1.54) is 18.2 Å². The van der Waals surface area contributed by atoms with Crippen LogP contribution in [0, 0.1) is 15.9 Å². The number of hydrogen-bond acceptors (Lipinski definition) is 6. The summed E-state index contributed by atoms with van der Waals surface area (Å²) in [7, 11) is 0. The summed E-state index contributed by atoms with van der Waals surface area (Å²) in [4.78, 5) is 24.3. The predicted octanol–water partition coefficient (Wildman–Crippen LogP) is 2.15. The minimum atomic E-state index is -1.25. The van der Waals surface area contributed by atoms with E-state index in [9.17, 15) is 19.3 Å². The summed E-state index contributed by atoms with van der Waals surface area (Å²) in [5, 5.41) is 21.9. The van der Waals surface area contributed by atoms with Crippen molar-refractivity contribution in [2.45, 2.75) is 0 Å². The average molecular weight is 292 g/mol. The van der Waals surface area contributed by atoms with Crippen molar-refractivity contribution in [2.24, 2.45) is 0 Å². The largest absolute Gasteiger partial charge is 0.478 e. The van der Waals surface area contributed by atoms with E-state index in [0.717, 1.165) is 12.1 Å². The number of nitrogens with one attached hydrogen (secondary N) is 1. The highest BCUT2D eigenvalue weighted by Gasteiger charge is 2.14. The van der Waals surface area contributed by atoms with Gasteiger partial charge in [-0.2, -0.15) is 0 Å². The highest BCUT2D eigenvalue weighted by molar-refractivity contribution is 5.88. The predicted molar refractivity (Wildman–Crippen MR) is 71.9 cm³/mol. The van der Waals surface area contributed by atoms with Gasteiger partial charge < -0.3 is 16.2 Å². The number of aromatic nitrogens is 1. The zero-order chi connectivity index (χ0) is 15.6. The van der Waals surface area contributed by atoms with Gasteiger partial charge in [0.2, 0.25) is 5.82 Å². The first-order valence-corrected chi connectivity index (χ1v) is 5.59. The van der Waals surface area contributed by atoms with Crippen molar-refractivity contribution in [1.82, 2.24) is 4.98 Å². The molecule has 8 nitrogen and oxygen atoms in total. The molecule has 2 rings (SSSR count). The Morgan fingerprint density at radius 2 is 2.10 bits per heavy atom. The third-order valence-electron chi connectivity index (χ3n) is 2.58. The van der Waals surface area contributed by atoms with Crippen LogP contribution in [-0.4, -0.2) is 21.0 Å². The first-order valence-electron chi connectivity index (χ1n) is 5.59. The summed E-state index contributed by atoms with van der Waals surface area (Å²) in [5.41, 5.74) is 4.83. The van der Waals surface area contributed by atoms with Crippen LogP contribution in [0.3, 0.4) is 0 Å². The molecule has 0 spiro atoms. The quantitative estimate of drug-likeness (QED) is 0.581. The minimum absolute atomic E-state index is 0.0271. The minimum Gasteiger partial charge on any atom is -0.478 e. The summed E-state index contributed by atoms with van der Waals surface area (Å²) < 4.78 is 13.7. The number of aromatic carboxylic acids is 1. The Bertz CT molecular complexity index is 735. The molecular weight excluding hydrogens is 283 g/mol. The molecule has 0 saturated heterocycles. The van der Waals surface area contributed by atoms with Gasteiger partial charge in [-0.25, -0.2) is 14.2 Å². The lowest BCUT2D eigenvalue weighted by Crippen LogP contribution is -2.03. The molecule has 0 radical (unpaired) electrons. The number of nitrogens with zero attached hydrogens (tertiary/aromatic N) is 2. The van der Waals surface area contributed by atoms with E-state index in [1.807, 2.05) is 0 Å². The van der Waals surface area contributed by atoms with E-state index in [-0.39, 0.29) is 28.6 Å². The first kappa shape index (κ1) is 14.2. The normalized spacial score (nSPS) is 10.1. The number of nitrogen functional groups attached to an aromatic ring is 1. The third-order valence-corrected chi connectivity index (χ3v) is 2.58. The maximum atomic E-state index is 13.7. The lowest BCUT2D eigenvalue weighted by molar-refractivity contribution is -0.384. The average Bonchev–Trinajstić information content (AvgIpc) is 2.40. The molecule has 4 N–H and O–H groups in total. The molecule has 108 valence electrons.